The first-order valence-corrected chi connectivity index (χ1v) is 13.1. The molecule has 0 aliphatic carbocycles. The highest BCUT2D eigenvalue weighted by atomic mass is 16.5. The zero-order valence-corrected chi connectivity index (χ0v) is 23.2. The summed E-state index contributed by atoms with van der Waals surface area (Å²) in [4.78, 5) is 16.0. The fourth-order valence-electron chi connectivity index (χ4n) is 5.07. The molecule has 0 N–H and O–H groups in total. The van der Waals surface area contributed by atoms with Crippen molar-refractivity contribution in [2.75, 3.05) is 27.9 Å². The molecule has 204 valence electrons. The quantitative estimate of drug-likeness (QED) is 0.296. The average molecular weight is 528 g/mol. The molecular formula is C33H37NO5. The molecule has 1 aliphatic rings. The van der Waals surface area contributed by atoms with Crippen LogP contribution in [0, 0.1) is 12.8 Å². The molecular weight excluding hydrogens is 490 g/mol. The highest BCUT2D eigenvalue weighted by Gasteiger charge is 2.37. The van der Waals surface area contributed by atoms with Crippen LogP contribution in [0.3, 0.4) is 0 Å². The molecule has 3 aromatic rings. The minimum absolute atomic E-state index is 0.0281. The van der Waals surface area contributed by atoms with Crippen molar-refractivity contribution < 1.29 is 23.7 Å². The van der Waals surface area contributed by atoms with Crippen LogP contribution in [0.4, 0.5) is 0 Å². The minimum Gasteiger partial charge on any atom is -0.496 e. The lowest BCUT2D eigenvalue weighted by Crippen LogP contribution is -2.41. The molecule has 39 heavy (non-hydrogen) atoms. The molecule has 0 aromatic heterocycles. The molecule has 0 radical (unpaired) electrons. The summed E-state index contributed by atoms with van der Waals surface area (Å²) in [5.74, 6) is 2.03. The predicted molar refractivity (Wildman–Crippen MR) is 154 cm³/mol. The number of methoxy groups -OCH3 is 3. The van der Waals surface area contributed by atoms with Crippen molar-refractivity contribution in [3.8, 4) is 17.2 Å². The topological polar surface area (TPSA) is 57.2 Å². The van der Waals surface area contributed by atoms with E-state index >= 15 is 0 Å². The fraction of sp³-hybridized carbons (Fsp3) is 0.303. The van der Waals surface area contributed by atoms with Crippen LogP contribution in [0.2, 0.25) is 0 Å². The summed E-state index contributed by atoms with van der Waals surface area (Å²) in [7, 11) is 4.87. The van der Waals surface area contributed by atoms with Gasteiger partial charge in [-0.05, 0) is 78.8 Å². The third-order valence-electron chi connectivity index (χ3n) is 7.22. The van der Waals surface area contributed by atoms with Crippen molar-refractivity contribution >= 4 is 11.5 Å². The molecule has 1 saturated heterocycles. The SMILES string of the molecule is C=C(C[C@@H](Cc1ccc(C)c(OC)c1)C(=O)N1C(=C)OC[C@@H]1Cc1ccccc1)c1ccc(OC)c(OC)c1. The van der Waals surface area contributed by atoms with E-state index in [4.69, 9.17) is 18.9 Å². The van der Waals surface area contributed by atoms with Gasteiger partial charge in [0.2, 0.25) is 5.91 Å². The van der Waals surface area contributed by atoms with E-state index in [1.54, 1.807) is 26.2 Å². The number of carbonyl (C=O) groups excluding carboxylic acids is 1. The molecule has 1 aliphatic heterocycles. The third-order valence-corrected chi connectivity index (χ3v) is 7.22. The molecule has 0 bridgehead atoms. The standard InChI is InChI=1S/C33H37NO5/c1-22-12-13-26(19-31(22)37-5)17-28(16-23(2)27-14-15-30(36-4)32(20-27)38-6)33(35)34-24(3)39-21-29(34)18-25-10-8-7-9-11-25/h7-15,19-20,28-29H,2-3,16-18,21H2,1,4-6H3/t28-,29-/m0/s1. The van der Waals surface area contributed by atoms with Gasteiger partial charge in [0, 0.05) is 5.92 Å². The fourth-order valence-corrected chi connectivity index (χ4v) is 5.07. The first-order valence-electron chi connectivity index (χ1n) is 13.1. The summed E-state index contributed by atoms with van der Waals surface area (Å²) in [5.41, 5.74) is 4.93. The van der Waals surface area contributed by atoms with Crippen LogP contribution >= 0.6 is 0 Å². The van der Waals surface area contributed by atoms with Gasteiger partial charge in [-0.2, -0.15) is 0 Å². The van der Waals surface area contributed by atoms with Crippen LogP contribution in [-0.4, -0.2) is 44.8 Å². The second kappa shape index (κ2) is 12.6. The molecule has 4 rings (SSSR count). The molecule has 1 heterocycles. The van der Waals surface area contributed by atoms with E-state index in [0.717, 1.165) is 33.6 Å². The van der Waals surface area contributed by atoms with Gasteiger partial charge in [0.1, 0.15) is 12.4 Å². The van der Waals surface area contributed by atoms with Crippen LogP contribution < -0.4 is 14.2 Å². The number of carbonyl (C=O) groups is 1. The van der Waals surface area contributed by atoms with Gasteiger partial charge in [-0.3, -0.25) is 9.69 Å². The van der Waals surface area contributed by atoms with Gasteiger partial charge in [0.05, 0.1) is 27.4 Å². The van der Waals surface area contributed by atoms with Crippen molar-refractivity contribution in [2.45, 2.75) is 32.2 Å². The summed E-state index contributed by atoms with van der Waals surface area (Å²) < 4.78 is 22.2. The molecule has 6 heteroatoms. The van der Waals surface area contributed by atoms with Gasteiger partial charge in [0.15, 0.2) is 17.4 Å². The third kappa shape index (κ3) is 6.45. The number of hydrogen-bond donors (Lipinski definition) is 0. The smallest absolute Gasteiger partial charge is 0.233 e. The van der Waals surface area contributed by atoms with E-state index in [-0.39, 0.29) is 11.9 Å². The van der Waals surface area contributed by atoms with E-state index in [1.165, 1.54) is 0 Å². The Bertz CT molecular complexity index is 1330. The summed E-state index contributed by atoms with van der Waals surface area (Å²) in [6, 6.07) is 21.8. The lowest BCUT2D eigenvalue weighted by Gasteiger charge is -2.28. The number of rotatable bonds is 11. The van der Waals surface area contributed by atoms with E-state index in [2.05, 4.69) is 25.3 Å². The minimum atomic E-state index is -0.394. The van der Waals surface area contributed by atoms with Gasteiger partial charge in [-0.15, -0.1) is 0 Å². The monoisotopic (exact) mass is 527 g/mol. The van der Waals surface area contributed by atoms with Crippen LogP contribution in [0.1, 0.15) is 28.7 Å². The predicted octanol–water partition coefficient (Wildman–Crippen LogP) is 6.22. The number of amides is 1. The Hall–Kier alpha value is -4.19. The maximum atomic E-state index is 14.2. The molecule has 1 amide bonds. The summed E-state index contributed by atoms with van der Waals surface area (Å²) in [6.07, 6.45) is 1.66. The average Bonchev–Trinajstić information content (AvgIpc) is 3.32. The second-order valence-electron chi connectivity index (χ2n) is 9.84. The summed E-state index contributed by atoms with van der Waals surface area (Å²) in [6.45, 7) is 10.8. The van der Waals surface area contributed by atoms with E-state index < -0.39 is 5.92 Å². The van der Waals surface area contributed by atoms with Crippen molar-refractivity contribution in [1.29, 1.82) is 0 Å². The number of nitrogens with zero attached hydrogens (tertiary/aromatic N) is 1. The van der Waals surface area contributed by atoms with Gasteiger partial charge >= 0.3 is 0 Å². The van der Waals surface area contributed by atoms with E-state index in [1.807, 2.05) is 61.5 Å². The molecule has 6 nitrogen and oxygen atoms in total. The lowest BCUT2D eigenvalue weighted by molar-refractivity contribution is -0.134. The number of aryl methyl sites for hydroxylation is 1. The van der Waals surface area contributed by atoms with E-state index in [9.17, 15) is 4.79 Å². The van der Waals surface area contributed by atoms with E-state index in [0.29, 0.717) is 43.3 Å². The summed E-state index contributed by atoms with van der Waals surface area (Å²) >= 11 is 0. The first-order chi connectivity index (χ1) is 18.8. The molecule has 3 aromatic carbocycles. The van der Waals surface area contributed by atoms with Crippen molar-refractivity contribution in [3.05, 3.63) is 108 Å². The normalized spacial score (nSPS) is 15.4. The van der Waals surface area contributed by atoms with Crippen molar-refractivity contribution in [2.24, 2.45) is 5.92 Å². The maximum Gasteiger partial charge on any atom is 0.233 e. The Kier molecular flexibility index (Phi) is 8.97. The van der Waals surface area contributed by atoms with Crippen LogP contribution in [-0.2, 0) is 22.4 Å². The van der Waals surface area contributed by atoms with Crippen LogP contribution in [0.25, 0.3) is 5.57 Å². The first kappa shape index (κ1) is 27.8. The Morgan fingerprint density at radius 2 is 1.67 bits per heavy atom. The van der Waals surface area contributed by atoms with Gasteiger partial charge in [-0.25, -0.2) is 0 Å². The number of hydrogen-bond acceptors (Lipinski definition) is 5. The molecule has 1 fully saturated rings. The van der Waals surface area contributed by atoms with Gasteiger partial charge in [0.25, 0.3) is 0 Å². The number of benzene rings is 3. The molecule has 0 unspecified atom stereocenters. The largest absolute Gasteiger partial charge is 0.496 e. The lowest BCUT2D eigenvalue weighted by atomic mass is 9.88. The number of ether oxygens (including phenoxy) is 4. The highest BCUT2D eigenvalue weighted by Crippen LogP contribution is 2.35. The van der Waals surface area contributed by atoms with Crippen molar-refractivity contribution in [3.63, 3.8) is 0 Å². The number of allylic oxidation sites excluding steroid dienone is 1. The zero-order valence-electron chi connectivity index (χ0n) is 23.2. The highest BCUT2D eigenvalue weighted by molar-refractivity contribution is 5.83. The van der Waals surface area contributed by atoms with Gasteiger partial charge < -0.3 is 18.9 Å². The van der Waals surface area contributed by atoms with Gasteiger partial charge in [-0.1, -0.05) is 55.1 Å². The molecule has 0 saturated carbocycles. The Morgan fingerprint density at radius 1 is 0.949 bits per heavy atom. The zero-order chi connectivity index (χ0) is 27.9. The second-order valence-corrected chi connectivity index (χ2v) is 9.84. The van der Waals surface area contributed by atoms with Crippen molar-refractivity contribution in [1.82, 2.24) is 4.90 Å². The molecule has 2 atom stereocenters. The Labute approximate surface area is 231 Å². The van der Waals surface area contributed by atoms with Crippen LogP contribution in [0.5, 0.6) is 17.2 Å². The Balaban J connectivity index is 1.63. The van der Waals surface area contributed by atoms with Crippen LogP contribution in [0.15, 0.2) is 85.8 Å². The maximum absolute atomic E-state index is 14.2. The molecule has 0 spiro atoms. The summed E-state index contributed by atoms with van der Waals surface area (Å²) in [5, 5.41) is 0. The Morgan fingerprint density at radius 3 is 2.36 bits per heavy atom.